The van der Waals surface area contributed by atoms with Gasteiger partial charge in [0.2, 0.25) is 12.7 Å². The molecule has 1 N–H and O–H groups in total. The van der Waals surface area contributed by atoms with Crippen LogP contribution in [-0.2, 0) is 17.9 Å². The molecule has 4 rings (SSSR count). The number of carbonyl (C=O) groups is 2. The second-order valence-electron chi connectivity index (χ2n) is 6.79. The quantitative estimate of drug-likeness (QED) is 0.777. The SMILES string of the molecule is CSCC[C@@H](C(=O)NCc1ccc2c(c1)OCO2)N1Cc2ccccc2C1=O. The molecule has 2 amide bonds. The van der Waals surface area contributed by atoms with Crippen LogP contribution in [0.3, 0.4) is 0 Å². The van der Waals surface area contributed by atoms with E-state index in [0.29, 0.717) is 36.6 Å². The topological polar surface area (TPSA) is 67.9 Å². The third-order valence-electron chi connectivity index (χ3n) is 5.03. The lowest BCUT2D eigenvalue weighted by atomic mass is 10.1. The van der Waals surface area contributed by atoms with Crippen LogP contribution in [0.15, 0.2) is 42.5 Å². The van der Waals surface area contributed by atoms with Crippen molar-refractivity contribution in [3.05, 3.63) is 59.2 Å². The molecule has 28 heavy (non-hydrogen) atoms. The maximum absolute atomic E-state index is 13.0. The summed E-state index contributed by atoms with van der Waals surface area (Å²) < 4.78 is 10.7. The highest BCUT2D eigenvalue weighted by atomic mass is 32.2. The van der Waals surface area contributed by atoms with Crippen LogP contribution in [0.25, 0.3) is 0 Å². The molecular weight excluding hydrogens is 376 g/mol. The van der Waals surface area contributed by atoms with Gasteiger partial charge < -0.3 is 19.7 Å². The van der Waals surface area contributed by atoms with E-state index in [1.165, 1.54) is 0 Å². The summed E-state index contributed by atoms with van der Waals surface area (Å²) in [5.41, 5.74) is 2.60. The molecule has 0 bridgehead atoms. The molecule has 0 unspecified atom stereocenters. The fraction of sp³-hybridized carbons (Fsp3) is 0.333. The molecule has 6 nitrogen and oxygen atoms in total. The molecule has 0 radical (unpaired) electrons. The molecule has 0 saturated carbocycles. The third kappa shape index (κ3) is 3.67. The average molecular weight is 398 g/mol. The van der Waals surface area contributed by atoms with E-state index in [2.05, 4.69) is 5.32 Å². The van der Waals surface area contributed by atoms with E-state index in [-0.39, 0.29) is 18.6 Å². The van der Waals surface area contributed by atoms with E-state index in [0.717, 1.165) is 16.9 Å². The molecule has 2 heterocycles. The van der Waals surface area contributed by atoms with Gasteiger partial charge in [0.05, 0.1) is 0 Å². The number of thioether (sulfide) groups is 1. The van der Waals surface area contributed by atoms with Gasteiger partial charge in [-0.25, -0.2) is 0 Å². The van der Waals surface area contributed by atoms with Crippen LogP contribution < -0.4 is 14.8 Å². The van der Waals surface area contributed by atoms with Crippen LogP contribution in [0.4, 0.5) is 0 Å². The van der Waals surface area contributed by atoms with E-state index >= 15 is 0 Å². The number of nitrogens with one attached hydrogen (secondary N) is 1. The number of fused-ring (bicyclic) bond motifs is 2. The fourth-order valence-electron chi connectivity index (χ4n) is 3.54. The first-order chi connectivity index (χ1) is 13.7. The Kier molecular flexibility index (Phi) is 5.43. The van der Waals surface area contributed by atoms with Crippen molar-refractivity contribution in [3.8, 4) is 11.5 Å². The lowest BCUT2D eigenvalue weighted by Gasteiger charge is -2.27. The summed E-state index contributed by atoms with van der Waals surface area (Å²) >= 11 is 1.67. The molecule has 0 fully saturated rings. The van der Waals surface area contributed by atoms with Crippen LogP contribution >= 0.6 is 11.8 Å². The summed E-state index contributed by atoms with van der Waals surface area (Å²) in [4.78, 5) is 27.5. The first-order valence-corrected chi connectivity index (χ1v) is 10.6. The summed E-state index contributed by atoms with van der Waals surface area (Å²) in [6.07, 6.45) is 2.62. The summed E-state index contributed by atoms with van der Waals surface area (Å²) in [6.45, 7) is 1.07. The number of ether oxygens (including phenoxy) is 2. The van der Waals surface area contributed by atoms with Gasteiger partial charge in [0.25, 0.3) is 5.91 Å². The van der Waals surface area contributed by atoms with E-state index in [1.54, 1.807) is 16.7 Å². The summed E-state index contributed by atoms with van der Waals surface area (Å²) in [7, 11) is 0. The van der Waals surface area contributed by atoms with Crippen molar-refractivity contribution in [1.82, 2.24) is 10.2 Å². The Labute approximate surface area is 168 Å². The van der Waals surface area contributed by atoms with Crippen LogP contribution in [0.1, 0.15) is 27.9 Å². The van der Waals surface area contributed by atoms with Crippen LogP contribution in [-0.4, -0.2) is 41.6 Å². The Morgan fingerprint density at radius 2 is 2.04 bits per heavy atom. The number of hydrogen-bond acceptors (Lipinski definition) is 5. The number of amides is 2. The molecule has 0 saturated heterocycles. The highest BCUT2D eigenvalue weighted by molar-refractivity contribution is 7.98. The van der Waals surface area contributed by atoms with Crippen molar-refractivity contribution in [2.45, 2.75) is 25.6 Å². The molecule has 2 aromatic carbocycles. The highest BCUT2D eigenvalue weighted by Gasteiger charge is 2.35. The summed E-state index contributed by atoms with van der Waals surface area (Å²) in [5.74, 6) is 2.01. The maximum atomic E-state index is 13.0. The van der Waals surface area contributed by atoms with Gasteiger partial charge in [-0.1, -0.05) is 24.3 Å². The first kappa shape index (κ1) is 18.7. The average Bonchev–Trinajstić information content (AvgIpc) is 3.31. The van der Waals surface area contributed by atoms with E-state index in [9.17, 15) is 9.59 Å². The Hall–Kier alpha value is -2.67. The summed E-state index contributed by atoms with van der Waals surface area (Å²) in [5, 5.41) is 2.98. The van der Waals surface area contributed by atoms with E-state index in [4.69, 9.17) is 9.47 Å². The van der Waals surface area contributed by atoms with Crippen molar-refractivity contribution >= 4 is 23.6 Å². The Bertz CT molecular complexity index is 902. The predicted molar refractivity (Wildman–Crippen MR) is 108 cm³/mol. The molecule has 7 heteroatoms. The van der Waals surface area contributed by atoms with Gasteiger partial charge in [-0.15, -0.1) is 0 Å². The Balaban J connectivity index is 1.45. The minimum atomic E-state index is -0.485. The molecule has 0 spiro atoms. The number of rotatable bonds is 7. The van der Waals surface area contributed by atoms with Gasteiger partial charge in [-0.3, -0.25) is 9.59 Å². The van der Waals surface area contributed by atoms with Gasteiger partial charge in [0.1, 0.15) is 6.04 Å². The zero-order chi connectivity index (χ0) is 19.5. The molecule has 1 atom stereocenters. The maximum Gasteiger partial charge on any atom is 0.255 e. The standard InChI is InChI=1S/C21H22N2O4S/c1-28-9-8-17(23-12-15-4-2-3-5-16(15)21(23)25)20(24)22-11-14-6-7-18-19(10-14)27-13-26-18/h2-7,10,17H,8-9,11-13H2,1H3,(H,22,24)/t17-/m0/s1. The smallest absolute Gasteiger partial charge is 0.255 e. The van der Waals surface area contributed by atoms with Crippen molar-refractivity contribution in [2.75, 3.05) is 18.8 Å². The molecule has 146 valence electrons. The number of benzene rings is 2. The zero-order valence-electron chi connectivity index (χ0n) is 15.6. The van der Waals surface area contributed by atoms with Crippen molar-refractivity contribution in [1.29, 1.82) is 0 Å². The number of carbonyl (C=O) groups excluding carboxylic acids is 2. The molecule has 0 aliphatic carbocycles. The minimum absolute atomic E-state index is 0.0695. The largest absolute Gasteiger partial charge is 0.454 e. The molecule has 2 aromatic rings. The van der Waals surface area contributed by atoms with Crippen LogP contribution in [0.2, 0.25) is 0 Å². The van der Waals surface area contributed by atoms with E-state index < -0.39 is 6.04 Å². The lowest BCUT2D eigenvalue weighted by molar-refractivity contribution is -0.126. The Morgan fingerprint density at radius 1 is 1.21 bits per heavy atom. The van der Waals surface area contributed by atoms with Gasteiger partial charge in [-0.05, 0) is 47.8 Å². The van der Waals surface area contributed by atoms with Gasteiger partial charge in [0.15, 0.2) is 11.5 Å². The second-order valence-corrected chi connectivity index (χ2v) is 7.78. The Morgan fingerprint density at radius 3 is 2.86 bits per heavy atom. The monoisotopic (exact) mass is 398 g/mol. The normalized spacial score (nSPS) is 15.5. The predicted octanol–water partition coefficient (Wildman–Crippen LogP) is 2.81. The van der Waals surface area contributed by atoms with Crippen molar-refractivity contribution in [3.63, 3.8) is 0 Å². The molecular formula is C21H22N2O4S. The molecule has 2 aliphatic rings. The minimum Gasteiger partial charge on any atom is -0.454 e. The molecule has 2 aliphatic heterocycles. The number of hydrogen-bond donors (Lipinski definition) is 1. The van der Waals surface area contributed by atoms with Gasteiger partial charge in [-0.2, -0.15) is 11.8 Å². The van der Waals surface area contributed by atoms with Crippen LogP contribution in [0, 0.1) is 0 Å². The first-order valence-electron chi connectivity index (χ1n) is 9.21. The van der Waals surface area contributed by atoms with Crippen molar-refractivity contribution in [2.24, 2.45) is 0 Å². The van der Waals surface area contributed by atoms with Gasteiger partial charge >= 0.3 is 0 Å². The number of nitrogens with zero attached hydrogens (tertiary/aromatic N) is 1. The summed E-state index contributed by atoms with van der Waals surface area (Å²) in [6, 6.07) is 12.7. The van der Waals surface area contributed by atoms with E-state index in [1.807, 2.05) is 48.7 Å². The van der Waals surface area contributed by atoms with Crippen molar-refractivity contribution < 1.29 is 19.1 Å². The fourth-order valence-corrected chi connectivity index (χ4v) is 4.00. The molecule has 0 aromatic heterocycles. The second kappa shape index (κ2) is 8.14. The zero-order valence-corrected chi connectivity index (χ0v) is 16.5. The highest BCUT2D eigenvalue weighted by Crippen LogP contribution is 2.32. The third-order valence-corrected chi connectivity index (χ3v) is 5.67. The van der Waals surface area contributed by atoms with Crippen LogP contribution in [0.5, 0.6) is 11.5 Å². The lowest BCUT2D eigenvalue weighted by Crippen LogP contribution is -2.47. The van der Waals surface area contributed by atoms with Gasteiger partial charge in [0, 0.05) is 18.7 Å².